The van der Waals surface area contributed by atoms with Crippen molar-refractivity contribution in [1.82, 2.24) is 4.98 Å². The van der Waals surface area contributed by atoms with E-state index in [0.29, 0.717) is 0 Å². The van der Waals surface area contributed by atoms with Crippen LogP contribution >= 0.6 is 11.8 Å². The van der Waals surface area contributed by atoms with E-state index in [0.717, 1.165) is 11.8 Å². The fraction of sp³-hybridized carbons (Fsp3) is 0.167. The predicted octanol–water partition coefficient (Wildman–Crippen LogP) is 2.71. The maximum Gasteiger partial charge on any atom is 0.505 e. The van der Waals surface area contributed by atoms with Gasteiger partial charge in [-0.25, -0.2) is 4.98 Å². The van der Waals surface area contributed by atoms with Crippen LogP contribution in [0.2, 0.25) is 0 Å². The van der Waals surface area contributed by atoms with Crippen molar-refractivity contribution in [2.75, 3.05) is 5.75 Å². The van der Waals surface area contributed by atoms with Crippen molar-refractivity contribution in [2.45, 2.75) is 5.22 Å². The summed E-state index contributed by atoms with van der Waals surface area (Å²) in [7, 11) is 0. The Balaban J connectivity index is 2.40. The summed E-state index contributed by atoms with van der Waals surface area (Å²) in [4.78, 5) is 3.67. The van der Waals surface area contributed by atoms with E-state index in [2.05, 4.69) is 11.6 Å². The second kappa shape index (κ2) is 3.91. The van der Waals surface area contributed by atoms with Crippen LogP contribution in [0, 0.1) is 0 Å². The first-order chi connectivity index (χ1) is 6.00. The fourth-order valence-corrected chi connectivity index (χ4v) is 1.29. The molecule has 0 aromatic carbocycles. The van der Waals surface area contributed by atoms with Crippen molar-refractivity contribution in [3.63, 3.8) is 0 Å². The molecule has 72 valence electrons. The van der Waals surface area contributed by atoms with Gasteiger partial charge in [-0.3, -0.25) is 0 Å². The third-order valence-electron chi connectivity index (χ3n) is 1.25. The zero-order valence-electron chi connectivity index (χ0n) is 6.54. The van der Waals surface area contributed by atoms with Crippen LogP contribution in [-0.2, 0) is 0 Å². The highest BCUT2D eigenvalue weighted by atomic mass is 32.2. The summed E-state index contributed by atoms with van der Waals surface area (Å²) < 4.78 is 40.7. The summed E-state index contributed by atoms with van der Waals surface area (Å²) in [6.45, 7) is -2.00. The molecule has 0 saturated carbocycles. The van der Waals surface area contributed by atoms with Gasteiger partial charge in [-0.05, 0) is 5.75 Å². The highest BCUT2D eigenvalue weighted by molar-refractivity contribution is 7.99. The van der Waals surface area contributed by atoms with Crippen LogP contribution in [0.4, 0.5) is 12.9 Å². The minimum Gasteiger partial charge on any atom is -0.445 e. The molecular weight excluding hydrogens is 202 g/mol. The van der Waals surface area contributed by atoms with Gasteiger partial charge in [-0.2, -0.15) is 0 Å². The van der Waals surface area contributed by atoms with E-state index in [9.17, 15) is 12.9 Å². The maximum absolute atomic E-state index is 12.0. The van der Waals surface area contributed by atoms with Gasteiger partial charge in [0.05, 0.1) is 6.20 Å². The summed E-state index contributed by atoms with van der Waals surface area (Å²) in [6, 6.07) is 0. The van der Waals surface area contributed by atoms with Crippen molar-refractivity contribution in [3.05, 3.63) is 24.5 Å². The Morgan fingerprint density at radius 1 is 1.62 bits per heavy atom. The molecule has 0 aliphatic rings. The van der Waals surface area contributed by atoms with Gasteiger partial charge in [0.15, 0.2) is 0 Å². The molecule has 0 unspecified atom stereocenters. The SMILES string of the molecule is C=C(CSc1ncco1)[B-](F)(F)F. The van der Waals surface area contributed by atoms with Crippen molar-refractivity contribution >= 4 is 18.7 Å². The molecule has 1 rings (SSSR count). The van der Waals surface area contributed by atoms with Crippen LogP contribution in [0.3, 0.4) is 0 Å². The molecule has 0 radical (unpaired) electrons. The standard InChI is InChI=1S/C6H6BF3NOS/c1-5(7(8,9)10)4-13-6-11-2-3-12-6/h2-3H,1,4H2/q-1. The second-order valence-corrected chi connectivity index (χ2v) is 3.25. The first-order valence-electron chi connectivity index (χ1n) is 3.40. The van der Waals surface area contributed by atoms with Crippen molar-refractivity contribution in [1.29, 1.82) is 0 Å². The number of hydrogen-bond acceptors (Lipinski definition) is 3. The van der Waals surface area contributed by atoms with E-state index in [1.165, 1.54) is 12.5 Å². The molecule has 0 aliphatic carbocycles. The van der Waals surface area contributed by atoms with Crippen LogP contribution in [-0.4, -0.2) is 17.7 Å². The van der Waals surface area contributed by atoms with Gasteiger partial charge in [0.1, 0.15) is 6.26 Å². The Hall–Kier alpha value is -0.845. The van der Waals surface area contributed by atoms with E-state index >= 15 is 0 Å². The number of rotatable bonds is 4. The molecular formula is C6H6BF3NOS-. The van der Waals surface area contributed by atoms with Gasteiger partial charge < -0.3 is 17.4 Å². The van der Waals surface area contributed by atoms with Gasteiger partial charge in [0, 0.05) is 0 Å². The highest BCUT2D eigenvalue weighted by Crippen LogP contribution is 2.25. The average Bonchev–Trinajstić information content (AvgIpc) is 2.50. The first-order valence-corrected chi connectivity index (χ1v) is 4.38. The van der Waals surface area contributed by atoms with Crippen molar-refractivity contribution in [2.24, 2.45) is 0 Å². The minimum atomic E-state index is -4.94. The lowest BCUT2D eigenvalue weighted by Gasteiger charge is -2.15. The zero-order chi connectivity index (χ0) is 9.90. The van der Waals surface area contributed by atoms with Crippen LogP contribution in [0.25, 0.3) is 0 Å². The molecule has 13 heavy (non-hydrogen) atoms. The molecule has 2 nitrogen and oxygen atoms in total. The van der Waals surface area contributed by atoms with Gasteiger partial charge in [-0.15, -0.1) is 12.1 Å². The summed E-state index contributed by atoms with van der Waals surface area (Å²) in [6.07, 6.45) is 2.69. The molecule has 0 atom stereocenters. The minimum absolute atomic E-state index is 0.223. The molecule has 0 N–H and O–H groups in total. The highest BCUT2D eigenvalue weighted by Gasteiger charge is 2.26. The molecule has 0 bridgehead atoms. The second-order valence-electron chi connectivity index (χ2n) is 2.32. The molecule has 1 heterocycles. The van der Waals surface area contributed by atoms with Gasteiger partial charge in [0.2, 0.25) is 0 Å². The molecule has 0 fully saturated rings. The largest absolute Gasteiger partial charge is 0.505 e. The van der Waals surface area contributed by atoms with Gasteiger partial charge in [0.25, 0.3) is 5.22 Å². The van der Waals surface area contributed by atoms with E-state index in [-0.39, 0.29) is 11.0 Å². The molecule has 1 aromatic rings. The average molecular weight is 208 g/mol. The summed E-state index contributed by atoms with van der Waals surface area (Å²) in [5.74, 6) is -0.232. The summed E-state index contributed by atoms with van der Waals surface area (Å²) >= 11 is 0.880. The Bertz CT molecular complexity index is 285. The third-order valence-corrected chi connectivity index (χ3v) is 2.22. The number of hydrogen-bond donors (Lipinski definition) is 0. The molecule has 0 spiro atoms. The summed E-state index contributed by atoms with van der Waals surface area (Å²) in [5, 5.41) is 0.223. The topological polar surface area (TPSA) is 26.0 Å². The third kappa shape index (κ3) is 3.18. The van der Waals surface area contributed by atoms with Gasteiger partial charge in [-0.1, -0.05) is 11.8 Å². The summed E-state index contributed by atoms with van der Waals surface area (Å²) in [5.41, 5.74) is -0.733. The lowest BCUT2D eigenvalue weighted by Crippen LogP contribution is -2.20. The molecule has 0 saturated heterocycles. The fourth-order valence-electron chi connectivity index (χ4n) is 0.531. The van der Waals surface area contributed by atoms with Crippen LogP contribution < -0.4 is 0 Å². The predicted molar refractivity (Wildman–Crippen MR) is 45.4 cm³/mol. The van der Waals surface area contributed by atoms with Gasteiger partial charge >= 0.3 is 6.98 Å². The van der Waals surface area contributed by atoms with E-state index < -0.39 is 12.4 Å². The lowest BCUT2D eigenvalue weighted by molar-refractivity contribution is 0.454. The number of oxazole rings is 1. The normalized spacial score (nSPS) is 11.6. The number of halogens is 3. The molecule has 1 aromatic heterocycles. The number of aromatic nitrogens is 1. The lowest BCUT2D eigenvalue weighted by atomic mass is 9.82. The van der Waals surface area contributed by atoms with Crippen molar-refractivity contribution in [3.8, 4) is 0 Å². The Kier molecular flexibility index (Phi) is 3.08. The molecule has 0 amide bonds. The van der Waals surface area contributed by atoms with E-state index in [1.807, 2.05) is 0 Å². The Morgan fingerprint density at radius 2 is 2.31 bits per heavy atom. The zero-order valence-corrected chi connectivity index (χ0v) is 7.36. The first kappa shape index (κ1) is 10.2. The molecule has 7 heteroatoms. The van der Waals surface area contributed by atoms with Crippen molar-refractivity contribution < 1.29 is 17.4 Å². The maximum atomic E-state index is 12.0. The Morgan fingerprint density at radius 3 is 2.77 bits per heavy atom. The number of thioether (sulfide) groups is 1. The monoisotopic (exact) mass is 208 g/mol. The quantitative estimate of drug-likeness (QED) is 0.561. The number of nitrogens with zero attached hydrogens (tertiary/aromatic N) is 1. The van der Waals surface area contributed by atoms with Crippen LogP contribution in [0.15, 0.2) is 34.2 Å². The van der Waals surface area contributed by atoms with Crippen LogP contribution in [0.1, 0.15) is 0 Å². The van der Waals surface area contributed by atoms with E-state index in [4.69, 9.17) is 4.42 Å². The molecule has 0 aliphatic heterocycles. The Labute approximate surface area is 77.3 Å². The smallest absolute Gasteiger partial charge is 0.445 e. The van der Waals surface area contributed by atoms with E-state index in [1.54, 1.807) is 0 Å². The van der Waals surface area contributed by atoms with Crippen LogP contribution in [0.5, 0.6) is 0 Å².